The van der Waals surface area contributed by atoms with Crippen LogP contribution in [0.5, 0.6) is 0 Å². The summed E-state index contributed by atoms with van der Waals surface area (Å²) < 4.78 is 0. The molecule has 0 saturated carbocycles. The maximum Gasteiger partial charge on any atom is 0.269 e. The Morgan fingerprint density at radius 2 is 1.74 bits per heavy atom. The lowest BCUT2D eigenvalue weighted by Gasteiger charge is -2.48. The monoisotopic (exact) mass is 487 g/mol. The lowest BCUT2D eigenvalue weighted by atomic mass is 9.79. The maximum atomic E-state index is 10.8. The molecule has 0 N–H and O–H groups in total. The van der Waals surface area contributed by atoms with Crippen LogP contribution in [-0.4, -0.2) is 23.2 Å². The number of hydrogen-bond acceptors (Lipinski definition) is 5. The summed E-state index contributed by atoms with van der Waals surface area (Å²) in [5.74, 6) is 0.511. The fourth-order valence-electron chi connectivity index (χ4n) is 4.95. The smallest absolute Gasteiger partial charge is 0.269 e. The number of fused-ring (bicyclic) bond motifs is 1. The first kappa shape index (κ1) is 25.0. The molecule has 0 aromatic heterocycles. The molecule has 3 aromatic rings. The molecule has 1 unspecified atom stereocenters. The van der Waals surface area contributed by atoms with Gasteiger partial charge in [0.2, 0.25) is 0 Å². The molecule has 35 heavy (non-hydrogen) atoms. The fourth-order valence-corrected chi connectivity index (χ4v) is 5.77. The second-order valence-electron chi connectivity index (χ2n) is 9.94. The van der Waals surface area contributed by atoms with Crippen molar-refractivity contribution in [3.05, 3.63) is 87.5 Å². The second kappa shape index (κ2) is 10.2. The van der Waals surface area contributed by atoms with Crippen LogP contribution in [-0.2, 0) is 0 Å². The zero-order valence-electron chi connectivity index (χ0n) is 21.1. The number of hydrogen-bond donors (Lipinski definition) is 0. The van der Waals surface area contributed by atoms with Crippen LogP contribution in [0.15, 0.2) is 75.4 Å². The Morgan fingerprint density at radius 3 is 2.34 bits per heavy atom. The van der Waals surface area contributed by atoms with Crippen LogP contribution in [0.25, 0.3) is 0 Å². The summed E-state index contributed by atoms with van der Waals surface area (Å²) >= 11 is 1.57. The Labute approximate surface area is 212 Å². The number of non-ortho nitro benzene ring substituents is 1. The van der Waals surface area contributed by atoms with Crippen LogP contribution in [0.3, 0.4) is 0 Å². The lowest BCUT2D eigenvalue weighted by molar-refractivity contribution is -0.384. The van der Waals surface area contributed by atoms with Crippen molar-refractivity contribution in [3.63, 3.8) is 0 Å². The molecule has 0 bridgehead atoms. The van der Waals surface area contributed by atoms with Crippen LogP contribution in [0.4, 0.5) is 17.1 Å². The van der Waals surface area contributed by atoms with Crippen molar-refractivity contribution < 1.29 is 4.92 Å². The van der Waals surface area contributed by atoms with E-state index >= 15 is 0 Å². The van der Waals surface area contributed by atoms with E-state index in [2.05, 4.69) is 51.7 Å². The number of rotatable bonds is 7. The topological polar surface area (TPSA) is 58.7 Å². The highest BCUT2D eigenvalue weighted by Gasteiger charge is 2.36. The van der Waals surface area contributed by atoms with Gasteiger partial charge in [-0.3, -0.25) is 15.1 Å². The molecule has 0 saturated heterocycles. The van der Waals surface area contributed by atoms with Gasteiger partial charge in [-0.2, -0.15) is 0 Å². The van der Waals surface area contributed by atoms with Crippen molar-refractivity contribution in [1.29, 1.82) is 0 Å². The molecular formula is C29H33N3O2S. The molecule has 6 heteroatoms. The van der Waals surface area contributed by atoms with Gasteiger partial charge in [-0.1, -0.05) is 25.6 Å². The lowest BCUT2D eigenvalue weighted by Crippen LogP contribution is -2.48. The third-order valence-corrected chi connectivity index (χ3v) is 7.71. The number of nitro groups is 1. The zero-order chi connectivity index (χ0) is 25.2. The van der Waals surface area contributed by atoms with Gasteiger partial charge in [0.25, 0.3) is 5.69 Å². The van der Waals surface area contributed by atoms with Gasteiger partial charge in [0.15, 0.2) is 0 Å². The SMILES string of the molecule is CCCN1c2cc(C)c(C=Nc3ccc(Sc4ccc([N+](=O)[O-])cc4)cc3)cc2C(C)CC1(C)C. The van der Waals surface area contributed by atoms with Crippen LogP contribution >= 0.6 is 11.8 Å². The van der Waals surface area contributed by atoms with Crippen molar-refractivity contribution in [1.82, 2.24) is 0 Å². The highest BCUT2D eigenvalue weighted by molar-refractivity contribution is 7.99. The van der Waals surface area contributed by atoms with E-state index in [0.717, 1.165) is 40.4 Å². The number of nitrogens with zero attached hydrogens (tertiary/aromatic N) is 3. The Kier molecular flexibility index (Phi) is 7.31. The predicted octanol–water partition coefficient (Wildman–Crippen LogP) is 8.31. The first-order chi connectivity index (χ1) is 16.7. The Morgan fingerprint density at radius 1 is 1.11 bits per heavy atom. The highest BCUT2D eigenvalue weighted by atomic mass is 32.2. The molecule has 5 nitrogen and oxygen atoms in total. The minimum atomic E-state index is -0.381. The van der Waals surface area contributed by atoms with E-state index in [-0.39, 0.29) is 16.1 Å². The Bertz CT molecular complexity index is 1230. The molecule has 3 aromatic carbocycles. The summed E-state index contributed by atoms with van der Waals surface area (Å²) in [6.45, 7) is 12.5. The standard InChI is InChI=1S/C29H33N3O2S/c1-6-15-31-28-16-20(2)22(17-27(28)21(3)18-29(31,4)5)19-30-23-7-11-25(12-8-23)35-26-13-9-24(10-14-26)32(33)34/h7-14,16-17,19,21H,6,15,18H2,1-5H3. The van der Waals surface area contributed by atoms with E-state index in [9.17, 15) is 10.1 Å². The van der Waals surface area contributed by atoms with E-state index < -0.39 is 0 Å². The summed E-state index contributed by atoms with van der Waals surface area (Å²) in [7, 11) is 0. The van der Waals surface area contributed by atoms with Crippen molar-refractivity contribution >= 4 is 35.0 Å². The molecule has 4 rings (SSSR count). The highest BCUT2D eigenvalue weighted by Crippen LogP contribution is 2.44. The van der Waals surface area contributed by atoms with Gasteiger partial charge < -0.3 is 4.90 Å². The second-order valence-corrected chi connectivity index (χ2v) is 11.1. The number of anilines is 1. The summed E-state index contributed by atoms with van der Waals surface area (Å²) in [5, 5.41) is 10.8. The third kappa shape index (κ3) is 5.59. The Hall–Kier alpha value is -3.12. The molecule has 0 spiro atoms. The molecule has 1 atom stereocenters. The largest absolute Gasteiger partial charge is 0.366 e. The average molecular weight is 488 g/mol. The predicted molar refractivity (Wildman–Crippen MR) is 147 cm³/mol. The molecule has 182 valence electrons. The maximum absolute atomic E-state index is 10.8. The van der Waals surface area contributed by atoms with Gasteiger partial charge >= 0.3 is 0 Å². The fraction of sp³-hybridized carbons (Fsp3) is 0.345. The molecule has 0 amide bonds. The summed E-state index contributed by atoms with van der Waals surface area (Å²) in [5.41, 5.74) is 6.36. The van der Waals surface area contributed by atoms with Gasteiger partial charge in [0.1, 0.15) is 0 Å². The van der Waals surface area contributed by atoms with Gasteiger partial charge in [0, 0.05) is 45.9 Å². The molecular weight excluding hydrogens is 454 g/mol. The molecule has 0 radical (unpaired) electrons. The first-order valence-electron chi connectivity index (χ1n) is 12.2. The molecule has 1 heterocycles. The summed E-state index contributed by atoms with van der Waals surface area (Å²) in [6, 6.07) is 19.4. The van der Waals surface area contributed by atoms with E-state index in [0.29, 0.717) is 5.92 Å². The minimum Gasteiger partial charge on any atom is -0.366 e. The van der Waals surface area contributed by atoms with Gasteiger partial charge in [-0.15, -0.1) is 0 Å². The Balaban J connectivity index is 1.51. The first-order valence-corrected chi connectivity index (χ1v) is 13.0. The van der Waals surface area contributed by atoms with Crippen molar-refractivity contribution in [3.8, 4) is 0 Å². The molecule has 0 aliphatic carbocycles. The number of benzene rings is 3. The quantitative estimate of drug-likeness (QED) is 0.191. The van der Waals surface area contributed by atoms with Gasteiger partial charge in [-0.05, 0) is 105 Å². The van der Waals surface area contributed by atoms with Gasteiger partial charge in [-0.25, -0.2) is 0 Å². The zero-order valence-corrected chi connectivity index (χ0v) is 21.9. The summed E-state index contributed by atoms with van der Waals surface area (Å²) in [4.78, 5) is 19.8. The molecule has 1 aliphatic rings. The normalized spacial score (nSPS) is 16.9. The molecule has 0 fully saturated rings. The average Bonchev–Trinajstić information content (AvgIpc) is 2.81. The minimum absolute atomic E-state index is 0.104. The number of nitro benzene ring substituents is 1. The van der Waals surface area contributed by atoms with Crippen molar-refractivity contribution in [2.75, 3.05) is 11.4 Å². The summed E-state index contributed by atoms with van der Waals surface area (Å²) in [6.07, 6.45) is 4.26. The van der Waals surface area contributed by atoms with Gasteiger partial charge in [0.05, 0.1) is 10.6 Å². The third-order valence-electron chi connectivity index (χ3n) is 6.69. The van der Waals surface area contributed by atoms with Crippen molar-refractivity contribution in [2.24, 2.45) is 4.99 Å². The van der Waals surface area contributed by atoms with Crippen LogP contribution in [0.2, 0.25) is 0 Å². The van der Waals surface area contributed by atoms with Crippen LogP contribution < -0.4 is 4.90 Å². The molecule has 1 aliphatic heterocycles. The van der Waals surface area contributed by atoms with Crippen LogP contribution in [0.1, 0.15) is 63.1 Å². The van der Waals surface area contributed by atoms with Crippen LogP contribution in [0, 0.1) is 17.0 Å². The number of aryl methyl sites for hydroxylation is 1. The van der Waals surface area contributed by atoms with E-state index in [4.69, 9.17) is 4.99 Å². The van der Waals surface area contributed by atoms with E-state index in [1.807, 2.05) is 30.5 Å². The van der Waals surface area contributed by atoms with E-state index in [1.54, 1.807) is 23.9 Å². The van der Waals surface area contributed by atoms with Crippen molar-refractivity contribution in [2.45, 2.75) is 68.7 Å². The van der Waals surface area contributed by atoms with E-state index in [1.165, 1.54) is 28.9 Å². The number of aliphatic imine (C=N–C) groups is 1.